The number of hydrogen-bond donors (Lipinski definition) is 0. The zero-order valence-corrected chi connectivity index (χ0v) is 15.4. The molecule has 0 radical (unpaired) electrons. The number of carbonyl (C=O) groups is 1. The number of ketones is 1. The topological polar surface area (TPSA) is 47.8 Å². The van der Waals surface area contributed by atoms with Gasteiger partial charge in [-0.3, -0.25) is 9.36 Å². The number of rotatable bonds is 7. The summed E-state index contributed by atoms with van der Waals surface area (Å²) in [5.41, 5.74) is 2.01. The van der Waals surface area contributed by atoms with Crippen molar-refractivity contribution in [1.82, 2.24) is 14.8 Å². The van der Waals surface area contributed by atoms with Gasteiger partial charge in [0.25, 0.3) is 0 Å². The Morgan fingerprint density at radius 3 is 2.52 bits per heavy atom. The van der Waals surface area contributed by atoms with E-state index in [4.69, 9.17) is 11.6 Å². The van der Waals surface area contributed by atoms with E-state index in [1.165, 1.54) is 0 Å². The van der Waals surface area contributed by atoms with Gasteiger partial charge in [-0.1, -0.05) is 65.8 Å². The minimum atomic E-state index is 0.174. The van der Waals surface area contributed by atoms with E-state index in [0.29, 0.717) is 23.7 Å². The van der Waals surface area contributed by atoms with Crippen LogP contribution in [0.15, 0.2) is 59.8 Å². The predicted molar refractivity (Wildman–Crippen MR) is 102 cm³/mol. The Bertz CT molecular complexity index is 864. The van der Waals surface area contributed by atoms with E-state index in [1.54, 1.807) is 18.7 Å². The predicted octanol–water partition coefficient (Wildman–Crippen LogP) is 4.72. The molecule has 0 atom stereocenters. The monoisotopic (exact) mass is 371 g/mol. The van der Waals surface area contributed by atoms with Crippen molar-refractivity contribution in [2.24, 2.45) is 0 Å². The number of Topliss-reactive ketones (excluding diaryl/α,β-unsaturated/α-hetero) is 1. The molecule has 2 aromatic carbocycles. The molecule has 0 bridgehead atoms. The van der Waals surface area contributed by atoms with Crippen molar-refractivity contribution in [3.63, 3.8) is 0 Å². The Morgan fingerprint density at radius 1 is 1.08 bits per heavy atom. The highest BCUT2D eigenvalue weighted by Gasteiger charge is 2.16. The van der Waals surface area contributed by atoms with Crippen LogP contribution in [-0.2, 0) is 11.3 Å². The molecular weight excluding hydrogens is 354 g/mol. The van der Waals surface area contributed by atoms with Crippen LogP contribution in [-0.4, -0.2) is 26.3 Å². The maximum Gasteiger partial charge on any atom is 0.191 e. The van der Waals surface area contributed by atoms with E-state index >= 15 is 0 Å². The summed E-state index contributed by atoms with van der Waals surface area (Å²) in [6, 6.07) is 17.8. The van der Waals surface area contributed by atoms with Crippen molar-refractivity contribution < 1.29 is 4.79 Å². The van der Waals surface area contributed by atoms with Crippen LogP contribution in [0.1, 0.15) is 18.9 Å². The van der Waals surface area contributed by atoms with Crippen LogP contribution in [0, 0.1) is 0 Å². The third kappa shape index (κ3) is 4.50. The number of halogens is 1. The van der Waals surface area contributed by atoms with E-state index in [1.807, 2.05) is 42.5 Å². The molecule has 0 aliphatic heterocycles. The second-order valence-corrected chi connectivity index (χ2v) is 7.13. The van der Waals surface area contributed by atoms with Gasteiger partial charge in [-0.15, -0.1) is 10.2 Å². The molecule has 0 aliphatic carbocycles. The summed E-state index contributed by atoms with van der Waals surface area (Å²) >= 11 is 7.90. The third-order valence-corrected chi connectivity index (χ3v) is 5.00. The quantitative estimate of drug-likeness (QED) is 0.564. The Hall–Kier alpha value is -2.11. The van der Waals surface area contributed by atoms with Crippen molar-refractivity contribution in [1.29, 1.82) is 0 Å². The summed E-state index contributed by atoms with van der Waals surface area (Å²) < 4.78 is 2.06. The largest absolute Gasteiger partial charge is 0.300 e. The van der Waals surface area contributed by atoms with Gasteiger partial charge in [0.1, 0.15) is 5.78 Å². The van der Waals surface area contributed by atoms with Gasteiger partial charge in [0.05, 0.1) is 11.6 Å². The fraction of sp³-hybridized carbons (Fsp3) is 0.211. The first kappa shape index (κ1) is 17.7. The van der Waals surface area contributed by atoms with Crippen LogP contribution in [0.3, 0.4) is 0 Å². The average molecular weight is 372 g/mol. The molecule has 0 saturated heterocycles. The Morgan fingerprint density at radius 2 is 1.80 bits per heavy atom. The Balaban J connectivity index is 1.96. The highest BCUT2D eigenvalue weighted by molar-refractivity contribution is 7.99. The fourth-order valence-corrected chi connectivity index (χ4v) is 3.63. The Labute approximate surface area is 156 Å². The summed E-state index contributed by atoms with van der Waals surface area (Å²) in [4.78, 5) is 11.2. The molecule has 1 aromatic heterocycles. The standard InChI is InChI=1S/C19H18ClN3OS/c1-14(24)11-12-25-19-22-21-18(16-9-5-6-10-17(16)20)23(19)13-15-7-3-2-4-8-15/h2-10H,11-13H2,1H3. The maximum absolute atomic E-state index is 11.2. The van der Waals surface area contributed by atoms with Gasteiger partial charge >= 0.3 is 0 Å². The van der Waals surface area contributed by atoms with Crippen molar-refractivity contribution in [3.05, 3.63) is 65.2 Å². The molecule has 0 saturated carbocycles. The van der Waals surface area contributed by atoms with Crippen LogP contribution in [0.5, 0.6) is 0 Å². The summed E-state index contributed by atoms with van der Waals surface area (Å²) in [6.07, 6.45) is 0.518. The lowest BCUT2D eigenvalue weighted by Crippen LogP contribution is -2.05. The van der Waals surface area contributed by atoms with E-state index in [9.17, 15) is 4.79 Å². The molecule has 0 aliphatic rings. The van der Waals surface area contributed by atoms with Crippen LogP contribution in [0.2, 0.25) is 5.02 Å². The minimum absolute atomic E-state index is 0.174. The number of benzene rings is 2. The van der Waals surface area contributed by atoms with Crippen LogP contribution >= 0.6 is 23.4 Å². The lowest BCUT2D eigenvalue weighted by atomic mass is 10.2. The number of aromatic nitrogens is 3. The minimum Gasteiger partial charge on any atom is -0.300 e. The lowest BCUT2D eigenvalue weighted by molar-refractivity contribution is -0.116. The first-order chi connectivity index (χ1) is 12.1. The molecule has 0 fully saturated rings. The van der Waals surface area contributed by atoms with Crippen molar-refractivity contribution in [3.8, 4) is 11.4 Å². The van der Waals surface area contributed by atoms with Gasteiger partial charge < -0.3 is 0 Å². The highest BCUT2D eigenvalue weighted by atomic mass is 35.5. The molecule has 128 valence electrons. The Kier molecular flexibility index (Phi) is 5.89. The second kappa shape index (κ2) is 8.32. The smallest absolute Gasteiger partial charge is 0.191 e. The van der Waals surface area contributed by atoms with Gasteiger partial charge in [-0.05, 0) is 24.6 Å². The number of nitrogens with zero attached hydrogens (tertiary/aromatic N) is 3. The van der Waals surface area contributed by atoms with Gasteiger partial charge in [-0.2, -0.15) is 0 Å². The lowest BCUT2D eigenvalue weighted by Gasteiger charge is -2.11. The normalized spacial score (nSPS) is 10.8. The highest BCUT2D eigenvalue weighted by Crippen LogP contribution is 2.30. The molecule has 25 heavy (non-hydrogen) atoms. The zero-order valence-electron chi connectivity index (χ0n) is 13.9. The van der Waals surface area contributed by atoms with Crippen molar-refractivity contribution in [2.75, 3.05) is 5.75 Å². The molecule has 0 N–H and O–H groups in total. The summed E-state index contributed by atoms with van der Waals surface area (Å²) in [5, 5.41) is 10.1. The van der Waals surface area contributed by atoms with Crippen LogP contribution in [0.4, 0.5) is 0 Å². The molecule has 6 heteroatoms. The molecule has 0 amide bonds. The molecule has 3 aromatic rings. The van der Waals surface area contributed by atoms with Gasteiger partial charge in [0, 0.05) is 17.7 Å². The molecule has 4 nitrogen and oxygen atoms in total. The van der Waals surface area contributed by atoms with Gasteiger partial charge in [0.2, 0.25) is 0 Å². The maximum atomic E-state index is 11.2. The second-order valence-electron chi connectivity index (χ2n) is 5.66. The first-order valence-electron chi connectivity index (χ1n) is 7.99. The number of carbonyl (C=O) groups excluding carboxylic acids is 1. The third-order valence-electron chi connectivity index (χ3n) is 3.70. The molecule has 0 spiro atoms. The molecular formula is C19H18ClN3OS. The van der Waals surface area contributed by atoms with Crippen molar-refractivity contribution in [2.45, 2.75) is 25.0 Å². The molecule has 1 heterocycles. The summed E-state index contributed by atoms with van der Waals surface area (Å²) in [5.74, 6) is 1.60. The van der Waals surface area contributed by atoms with E-state index in [0.717, 1.165) is 22.1 Å². The summed E-state index contributed by atoms with van der Waals surface area (Å²) in [7, 11) is 0. The van der Waals surface area contributed by atoms with Crippen LogP contribution in [0.25, 0.3) is 11.4 Å². The number of thioether (sulfide) groups is 1. The summed E-state index contributed by atoms with van der Waals surface area (Å²) in [6.45, 7) is 2.25. The average Bonchev–Trinajstić information content (AvgIpc) is 2.98. The van der Waals surface area contributed by atoms with E-state index in [2.05, 4.69) is 26.9 Å². The fourth-order valence-electron chi connectivity index (χ4n) is 2.43. The van der Waals surface area contributed by atoms with Crippen LogP contribution < -0.4 is 0 Å². The van der Waals surface area contributed by atoms with Gasteiger partial charge in [0.15, 0.2) is 11.0 Å². The molecule has 3 rings (SSSR count). The molecule has 0 unspecified atom stereocenters. The van der Waals surface area contributed by atoms with Gasteiger partial charge in [-0.25, -0.2) is 0 Å². The zero-order chi connectivity index (χ0) is 17.6. The number of hydrogen-bond acceptors (Lipinski definition) is 4. The van der Waals surface area contributed by atoms with Crippen molar-refractivity contribution >= 4 is 29.1 Å². The van der Waals surface area contributed by atoms with E-state index in [-0.39, 0.29) is 5.78 Å². The van der Waals surface area contributed by atoms with E-state index < -0.39 is 0 Å². The first-order valence-corrected chi connectivity index (χ1v) is 9.36. The SMILES string of the molecule is CC(=O)CCSc1nnc(-c2ccccc2Cl)n1Cc1ccccc1.